The minimum absolute atomic E-state index is 0.295. The molecule has 0 radical (unpaired) electrons. The van der Waals surface area contributed by atoms with Crippen molar-refractivity contribution in [2.45, 2.75) is 6.04 Å². The molecule has 0 saturated carbocycles. The molecule has 1 aromatic rings. The first-order valence-electron chi connectivity index (χ1n) is 5.34. The second kappa shape index (κ2) is 5.12. The van der Waals surface area contributed by atoms with Crippen LogP contribution in [0.4, 0.5) is 5.69 Å². The first-order chi connectivity index (χ1) is 8.25. The molecule has 17 heavy (non-hydrogen) atoms. The van der Waals surface area contributed by atoms with Crippen molar-refractivity contribution in [3.05, 3.63) is 54.6 Å². The summed E-state index contributed by atoms with van der Waals surface area (Å²) in [5, 5.41) is 10.7. The maximum Gasteiger partial charge on any atom is 0.194 e. The molecule has 1 aliphatic carbocycles. The van der Waals surface area contributed by atoms with E-state index in [1.807, 2.05) is 48.6 Å². The third kappa shape index (κ3) is 3.04. The lowest BCUT2D eigenvalue weighted by molar-refractivity contribution is 1.05. The Kier molecular flexibility index (Phi) is 3.35. The second-order valence-corrected chi connectivity index (χ2v) is 3.65. The van der Waals surface area contributed by atoms with Gasteiger partial charge in [-0.1, -0.05) is 36.4 Å². The lowest BCUT2D eigenvalue weighted by Gasteiger charge is -2.11. The van der Waals surface area contributed by atoms with Crippen LogP contribution in [0.5, 0.6) is 0 Å². The summed E-state index contributed by atoms with van der Waals surface area (Å²) in [6.07, 6.45) is 7.23. The number of hydrogen-bond donors (Lipinski definition) is 3. The molecule has 86 valence electrons. The fourth-order valence-electron chi connectivity index (χ4n) is 1.49. The summed E-state index contributed by atoms with van der Waals surface area (Å²) in [5.74, 6) is 0.311. The molecule has 0 bridgehead atoms. The number of allylic oxidation sites excluding steroid dienone is 2. The second-order valence-electron chi connectivity index (χ2n) is 3.65. The van der Waals surface area contributed by atoms with E-state index in [9.17, 15) is 0 Å². The average molecular weight is 226 g/mol. The lowest BCUT2D eigenvalue weighted by Crippen LogP contribution is -2.27. The van der Waals surface area contributed by atoms with Crippen LogP contribution in [-0.4, -0.2) is 17.7 Å². The fraction of sp³-hybridized carbons (Fsp3) is 0.0769. The van der Waals surface area contributed by atoms with E-state index in [4.69, 9.17) is 11.1 Å². The molecule has 1 aromatic carbocycles. The summed E-state index contributed by atoms with van der Waals surface area (Å²) in [7, 11) is 0. The van der Waals surface area contributed by atoms with E-state index < -0.39 is 0 Å². The predicted molar refractivity (Wildman–Crippen MR) is 71.5 cm³/mol. The van der Waals surface area contributed by atoms with Crippen LogP contribution in [0.1, 0.15) is 0 Å². The Labute approximate surface area is 100 Å². The predicted octanol–water partition coefficient (Wildman–Crippen LogP) is 1.93. The molecule has 0 heterocycles. The third-order valence-electron chi connectivity index (χ3n) is 2.32. The number of anilines is 1. The highest BCUT2D eigenvalue weighted by atomic mass is 15.1. The largest absolute Gasteiger partial charge is 0.370 e. The van der Waals surface area contributed by atoms with E-state index in [0.717, 1.165) is 5.69 Å². The number of nitrogens with zero attached hydrogens (tertiary/aromatic N) is 1. The Morgan fingerprint density at radius 1 is 1.24 bits per heavy atom. The highest BCUT2D eigenvalue weighted by Crippen LogP contribution is 2.07. The van der Waals surface area contributed by atoms with Gasteiger partial charge in [-0.15, -0.1) is 0 Å². The van der Waals surface area contributed by atoms with Gasteiger partial charge in [0, 0.05) is 5.69 Å². The fourth-order valence-corrected chi connectivity index (χ4v) is 1.49. The highest BCUT2D eigenvalue weighted by molar-refractivity contribution is 6.02. The van der Waals surface area contributed by atoms with Gasteiger partial charge in [-0.3, -0.25) is 0 Å². The van der Waals surface area contributed by atoms with Crippen LogP contribution in [-0.2, 0) is 0 Å². The van der Waals surface area contributed by atoms with Crippen molar-refractivity contribution in [1.82, 2.24) is 0 Å². The molecule has 0 fully saturated rings. The first-order valence-corrected chi connectivity index (χ1v) is 5.34. The van der Waals surface area contributed by atoms with Gasteiger partial charge in [0.15, 0.2) is 5.96 Å². The number of benzene rings is 1. The number of aliphatic imine (C=N–C) groups is 1. The zero-order valence-corrected chi connectivity index (χ0v) is 9.30. The summed E-state index contributed by atoms with van der Waals surface area (Å²) in [5.41, 5.74) is 7.10. The highest BCUT2D eigenvalue weighted by Gasteiger charge is 2.09. The van der Waals surface area contributed by atoms with Crippen molar-refractivity contribution < 1.29 is 0 Å². The van der Waals surface area contributed by atoms with Crippen LogP contribution in [0.2, 0.25) is 0 Å². The first kappa shape index (κ1) is 11.1. The SMILES string of the molecule is N=C1C=CC=CC1N=C(N)Nc1ccccc1. The monoisotopic (exact) mass is 226 g/mol. The zero-order chi connectivity index (χ0) is 12.1. The number of para-hydroxylation sites is 1. The molecule has 0 aromatic heterocycles. The van der Waals surface area contributed by atoms with Crippen molar-refractivity contribution in [2.24, 2.45) is 10.7 Å². The van der Waals surface area contributed by atoms with Gasteiger partial charge in [0.1, 0.15) is 6.04 Å². The molecule has 2 rings (SSSR count). The van der Waals surface area contributed by atoms with Crippen molar-refractivity contribution in [1.29, 1.82) is 5.41 Å². The Morgan fingerprint density at radius 2 is 2.00 bits per heavy atom. The average Bonchev–Trinajstić information content (AvgIpc) is 2.33. The van der Waals surface area contributed by atoms with E-state index in [1.165, 1.54) is 0 Å². The van der Waals surface area contributed by atoms with Crippen LogP contribution in [0, 0.1) is 5.41 Å². The van der Waals surface area contributed by atoms with E-state index in [0.29, 0.717) is 11.7 Å². The Morgan fingerprint density at radius 3 is 2.71 bits per heavy atom. The standard InChI is InChI=1S/C13H14N4/c14-11-8-4-5-9-12(11)17-13(15)16-10-6-2-1-3-7-10/h1-9,12,14H,(H3,15,16,17). The van der Waals surface area contributed by atoms with Gasteiger partial charge in [-0.05, 0) is 18.2 Å². The molecule has 1 unspecified atom stereocenters. The zero-order valence-electron chi connectivity index (χ0n) is 9.30. The van der Waals surface area contributed by atoms with Gasteiger partial charge in [0.2, 0.25) is 0 Å². The molecule has 0 aliphatic heterocycles. The number of rotatable bonds is 2. The Balaban J connectivity index is 2.05. The quantitative estimate of drug-likeness (QED) is 0.532. The minimum Gasteiger partial charge on any atom is -0.370 e. The van der Waals surface area contributed by atoms with Crippen LogP contribution < -0.4 is 11.1 Å². The maximum atomic E-state index is 7.69. The minimum atomic E-state index is -0.295. The van der Waals surface area contributed by atoms with Gasteiger partial charge in [0.25, 0.3) is 0 Å². The van der Waals surface area contributed by atoms with Gasteiger partial charge in [-0.25, -0.2) is 4.99 Å². The van der Waals surface area contributed by atoms with Crippen molar-refractivity contribution in [3.8, 4) is 0 Å². The molecule has 4 heteroatoms. The van der Waals surface area contributed by atoms with Crippen LogP contribution in [0.15, 0.2) is 59.6 Å². The smallest absolute Gasteiger partial charge is 0.194 e. The number of guanidine groups is 1. The molecular weight excluding hydrogens is 212 g/mol. The van der Waals surface area contributed by atoms with Gasteiger partial charge in [-0.2, -0.15) is 0 Å². The van der Waals surface area contributed by atoms with Crippen LogP contribution >= 0.6 is 0 Å². The topological polar surface area (TPSA) is 74.3 Å². The Bertz CT molecular complexity index is 485. The summed E-state index contributed by atoms with van der Waals surface area (Å²) in [6.45, 7) is 0. The van der Waals surface area contributed by atoms with Crippen molar-refractivity contribution >= 4 is 17.4 Å². The Hall–Kier alpha value is -2.36. The van der Waals surface area contributed by atoms with E-state index in [1.54, 1.807) is 6.08 Å². The maximum absolute atomic E-state index is 7.69. The number of nitrogens with two attached hydrogens (primary N) is 1. The van der Waals surface area contributed by atoms with Crippen molar-refractivity contribution in [2.75, 3.05) is 5.32 Å². The normalized spacial score (nSPS) is 19.4. The molecule has 4 nitrogen and oxygen atoms in total. The summed E-state index contributed by atoms with van der Waals surface area (Å²) in [6, 6.07) is 9.29. The molecule has 1 aliphatic rings. The molecule has 4 N–H and O–H groups in total. The molecule has 0 saturated heterocycles. The van der Waals surface area contributed by atoms with E-state index >= 15 is 0 Å². The third-order valence-corrected chi connectivity index (χ3v) is 2.32. The summed E-state index contributed by atoms with van der Waals surface area (Å²) >= 11 is 0. The van der Waals surface area contributed by atoms with Gasteiger partial charge in [0.05, 0.1) is 5.71 Å². The summed E-state index contributed by atoms with van der Waals surface area (Å²) < 4.78 is 0. The van der Waals surface area contributed by atoms with Crippen molar-refractivity contribution in [3.63, 3.8) is 0 Å². The number of nitrogens with one attached hydrogen (secondary N) is 2. The summed E-state index contributed by atoms with van der Waals surface area (Å²) in [4.78, 5) is 4.23. The van der Waals surface area contributed by atoms with Gasteiger partial charge < -0.3 is 16.5 Å². The number of hydrogen-bond acceptors (Lipinski definition) is 2. The van der Waals surface area contributed by atoms with Crippen LogP contribution in [0.3, 0.4) is 0 Å². The molecule has 0 spiro atoms. The van der Waals surface area contributed by atoms with E-state index in [-0.39, 0.29) is 6.04 Å². The van der Waals surface area contributed by atoms with Crippen LogP contribution in [0.25, 0.3) is 0 Å². The van der Waals surface area contributed by atoms with E-state index in [2.05, 4.69) is 10.3 Å². The van der Waals surface area contributed by atoms with Gasteiger partial charge >= 0.3 is 0 Å². The molecule has 1 atom stereocenters. The molecular formula is C13H14N4. The lowest BCUT2D eigenvalue weighted by atomic mass is 10.1. The molecule has 0 amide bonds.